The van der Waals surface area contributed by atoms with Crippen LogP contribution in [-0.4, -0.2) is 31.0 Å². The van der Waals surface area contributed by atoms with Crippen LogP contribution in [0.15, 0.2) is 0 Å². The fourth-order valence-corrected chi connectivity index (χ4v) is 0.938. The van der Waals surface area contributed by atoms with Gasteiger partial charge in [0.25, 0.3) is 0 Å². The van der Waals surface area contributed by atoms with E-state index in [0.29, 0.717) is 19.1 Å². The quantitative estimate of drug-likeness (QED) is 0.695. The maximum atomic E-state index is 11.6. The van der Waals surface area contributed by atoms with Gasteiger partial charge >= 0.3 is 0 Å². The van der Waals surface area contributed by atoms with Crippen LogP contribution in [0.1, 0.15) is 27.7 Å². The van der Waals surface area contributed by atoms with Crippen molar-refractivity contribution in [3.05, 3.63) is 0 Å². The fourth-order valence-electron chi connectivity index (χ4n) is 0.816. The largest absolute Gasteiger partial charge is 0.380 e. The van der Waals surface area contributed by atoms with E-state index in [1.165, 1.54) is 0 Å². The molecule has 1 atom stereocenters. The van der Waals surface area contributed by atoms with Crippen molar-refractivity contribution in [2.75, 3.05) is 19.1 Å². The van der Waals surface area contributed by atoms with Crippen LogP contribution >= 0.6 is 11.6 Å². The fraction of sp³-hybridized carbons (Fsp3) is 0.900. The number of hydrogen-bond donors (Lipinski definition) is 1. The predicted octanol–water partition coefficient (Wildman–Crippen LogP) is 1.79. The van der Waals surface area contributed by atoms with Crippen molar-refractivity contribution in [1.29, 1.82) is 0 Å². The summed E-state index contributed by atoms with van der Waals surface area (Å²) in [4.78, 5) is 11.6. The van der Waals surface area contributed by atoms with Gasteiger partial charge in [-0.1, -0.05) is 0 Å². The lowest BCUT2D eigenvalue weighted by Gasteiger charge is -2.23. The summed E-state index contributed by atoms with van der Waals surface area (Å²) in [5.41, 5.74) is -0.512. The molecule has 0 fully saturated rings. The van der Waals surface area contributed by atoms with Crippen LogP contribution in [0.5, 0.6) is 0 Å². The molecule has 1 unspecified atom stereocenters. The number of ether oxygens (including phenoxy) is 1. The molecule has 1 N–H and O–H groups in total. The van der Waals surface area contributed by atoms with E-state index in [9.17, 15) is 4.79 Å². The van der Waals surface area contributed by atoms with Gasteiger partial charge in [-0.2, -0.15) is 0 Å². The van der Waals surface area contributed by atoms with E-state index in [1.807, 2.05) is 27.7 Å². The van der Waals surface area contributed by atoms with Crippen LogP contribution in [0.2, 0.25) is 0 Å². The molecule has 0 aliphatic carbocycles. The lowest BCUT2D eigenvalue weighted by atomic mass is 9.95. The van der Waals surface area contributed by atoms with Gasteiger partial charge in [0, 0.05) is 18.5 Å². The zero-order chi connectivity index (χ0) is 11.2. The van der Waals surface area contributed by atoms with E-state index in [2.05, 4.69) is 5.32 Å². The van der Waals surface area contributed by atoms with Crippen LogP contribution in [0.4, 0.5) is 0 Å². The molecule has 0 rings (SSSR count). The zero-order valence-electron chi connectivity index (χ0n) is 9.39. The number of rotatable bonds is 6. The summed E-state index contributed by atoms with van der Waals surface area (Å²) in [7, 11) is 0. The number of carbonyl (C=O) groups excluding carboxylic acids is 1. The molecule has 14 heavy (non-hydrogen) atoms. The Hall–Kier alpha value is -0.280. The first-order valence-corrected chi connectivity index (χ1v) is 5.42. The SMILES string of the molecule is CCOCC(C)NC(=O)C(C)(C)CCl. The van der Waals surface area contributed by atoms with Crippen LogP contribution < -0.4 is 5.32 Å². The number of amides is 1. The molecule has 0 aromatic rings. The van der Waals surface area contributed by atoms with Crippen LogP contribution in [0.25, 0.3) is 0 Å². The summed E-state index contributed by atoms with van der Waals surface area (Å²) in [6, 6.07) is 0.0324. The third-order valence-corrected chi connectivity index (χ3v) is 2.57. The van der Waals surface area contributed by atoms with Crippen molar-refractivity contribution in [2.24, 2.45) is 5.41 Å². The summed E-state index contributed by atoms with van der Waals surface area (Å²) in [6.07, 6.45) is 0. The Kier molecular flexibility index (Phi) is 6.12. The molecule has 0 aromatic carbocycles. The Labute approximate surface area is 91.2 Å². The van der Waals surface area contributed by atoms with E-state index in [4.69, 9.17) is 16.3 Å². The third-order valence-electron chi connectivity index (χ3n) is 1.90. The Morgan fingerprint density at radius 1 is 1.57 bits per heavy atom. The van der Waals surface area contributed by atoms with Gasteiger partial charge in [0.1, 0.15) is 0 Å². The van der Waals surface area contributed by atoms with Gasteiger partial charge in [-0.05, 0) is 27.7 Å². The molecule has 3 nitrogen and oxygen atoms in total. The normalized spacial score (nSPS) is 13.8. The summed E-state index contributed by atoms with van der Waals surface area (Å²) < 4.78 is 5.19. The molecule has 4 heteroatoms. The number of carbonyl (C=O) groups is 1. The molecular formula is C10H20ClNO2. The van der Waals surface area contributed by atoms with Crippen LogP contribution in [-0.2, 0) is 9.53 Å². The molecule has 0 spiro atoms. The van der Waals surface area contributed by atoms with Crippen LogP contribution in [0, 0.1) is 5.41 Å². The summed E-state index contributed by atoms with van der Waals surface area (Å²) in [6.45, 7) is 8.69. The van der Waals surface area contributed by atoms with Crippen LogP contribution in [0.3, 0.4) is 0 Å². The third kappa shape index (κ3) is 4.82. The number of hydrogen-bond acceptors (Lipinski definition) is 2. The van der Waals surface area contributed by atoms with E-state index in [-0.39, 0.29) is 11.9 Å². The lowest BCUT2D eigenvalue weighted by Crippen LogP contribution is -2.44. The van der Waals surface area contributed by atoms with Crippen molar-refractivity contribution in [3.8, 4) is 0 Å². The molecule has 0 aromatic heterocycles. The van der Waals surface area contributed by atoms with Crippen molar-refractivity contribution in [3.63, 3.8) is 0 Å². The zero-order valence-corrected chi connectivity index (χ0v) is 10.1. The van der Waals surface area contributed by atoms with E-state index >= 15 is 0 Å². The molecule has 0 heterocycles. The van der Waals surface area contributed by atoms with Gasteiger partial charge in [0.2, 0.25) is 5.91 Å². The topological polar surface area (TPSA) is 38.3 Å². The Morgan fingerprint density at radius 3 is 2.57 bits per heavy atom. The number of alkyl halides is 1. The average Bonchev–Trinajstić information content (AvgIpc) is 2.14. The minimum Gasteiger partial charge on any atom is -0.380 e. The molecule has 0 saturated heterocycles. The summed E-state index contributed by atoms with van der Waals surface area (Å²) in [5, 5.41) is 2.86. The highest BCUT2D eigenvalue weighted by molar-refractivity contribution is 6.19. The number of halogens is 1. The Bertz CT molecular complexity index is 183. The second-order valence-electron chi connectivity index (χ2n) is 4.05. The smallest absolute Gasteiger partial charge is 0.227 e. The molecule has 84 valence electrons. The maximum absolute atomic E-state index is 11.6. The molecule has 1 amide bonds. The van der Waals surface area contributed by atoms with Crippen molar-refractivity contribution in [2.45, 2.75) is 33.7 Å². The Balaban J connectivity index is 3.93. The molecule has 0 radical (unpaired) electrons. The van der Waals surface area contributed by atoms with E-state index in [1.54, 1.807) is 0 Å². The Morgan fingerprint density at radius 2 is 2.14 bits per heavy atom. The molecular weight excluding hydrogens is 202 g/mol. The van der Waals surface area contributed by atoms with Gasteiger partial charge < -0.3 is 10.1 Å². The first kappa shape index (κ1) is 13.7. The highest BCUT2D eigenvalue weighted by atomic mass is 35.5. The van der Waals surface area contributed by atoms with Crippen molar-refractivity contribution in [1.82, 2.24) is 5.32 Å². The molecule has 0 saturated carbocycles. The van der Waals surface area contributed by atoms with Crippen molar-refractivity contribution >= 4 is 17.5 Å². The number of nitrogens with one attached hydrogen (secondary N) is 1. The van der Waals surface area contributed by atoms with Gasteiger partial charge in [-0.15, -0.1) is 11.6 Å². The minimum atomic E-state index is -0.512. The van der Waals surface area contributed by atoms with Gasteiger partial charge in [0.05, 0.1) is 12.0 Å². The minimum absolute atomic E-state index is 0.0281. The summed E-state index contributed by atoms with van der Waals surface area (Å²) >= 11 is 5.68. The average molecular weight is 222 g/mol. The maximum Gasteiger partial charge on any atom is 0.227 e. The van der Waals surface area contributed by atoms with Gasteiger partial charge in [-0.3, -0.25) is 4.79 Å². The van der Waals surface area contributed by atoms with Gasteiger partial charge in [0.15, 0.2) is 0 Å². The highest BCUT2D eigenvalue weighted by Gasteiger charge is 2.27. The van der Waals surface area contributed by atoms with E-state index in [0.717, 1.165) is 0 Å². The first-order chi connectivity index (χ1) is 6.44. The second-order valence-corrected chi connectivity index (χ2v) is 4.32. The van der Waals surface area contributed by atoms with Gasteiger partial charge in [-0.25, -0.2) is 0 Å². The summed E-state index contributed by atoms with van der Waals surface area (Å²) in [5.74, 6) is 0.292. The lowest BCUT2D eigenvalue weighted by molar-refractivity contribution is -0.129. The monoisotopic (exact) mass is 221 g/mol. The molecule has 0 bridgehead atoms. The first-order valence-electron chi connectivity index (χ1n) is 4.88. The standard InChI is InChI=1S/C10H20ClNO2/c1-5-14-6-8(2)12-9(13)10(3,4)7-11/h8H,5-7H2,1-4H3,(H,12,13). The van der Waals surface area contributed by atoms with Crippen molar-refractivity contribution < 1.29 is 9.53 Å². The van der Waals surface area contributed by atoms with E-state index < -0.39 is 5.41 Å². The highest BCUT2D eigenvalue weighted by Crippen LogP contribution is 2.16. The predicted molar refractivity (Wildman–Crippen MR) is 58.6 cm³/mol. The molecule has 0 aliphatic rings. The molecule has 0 aliphatic heterocycles. The second kappa shape index (κ2) is 6.25.